The highest BCUT2D eigenvalue weighted by atomic mass is 32.1. The number of nitrogens with two attached hydrogens (primary N) is 1. The van der Waals surface area contributed by atoms with Gasteiger partial charge in [-0.3, -0.25) is 4.79 Å². The Morgan fingerprint density at radius 1 is 1.38 bits per heavy atom. The Morgan fingerprint density at radius 3 is 3.10 bits per heavy atom. The van der Waals surface area contributed by atoms with E-state index >= 15 is 0 Å². The van der Waals surface area contributed by atoms with Crippen LogP contribution < -0.4 is 11.1 Å². The van der Waals surface area contributed by atoms with E-state index in [1.54, 1.807) is 11.3 Å². The lowest BCUT2D eigenvalue weighted by molar-refractivity contribution is -0.121. The fraction of sp³-hybridized carbons (Fsp3) is 0.353. The van der Waals surface area contributed by atoms with Crippen molar-refractivity contribution in [1.29, 1.82) is 0 Å². The van der Waals surface area contributed by atoms with Gasteiger partial charge in [-0.15, -0.1) is 11.3 Å². The summed E-state index contributed by atoms with van der Waals surface area (Å²) >= 11 is 1.71. The Morgan fingerprint density at radius 2 is 2.29 bits per heavy atom. The topological polar surface area (TPSA) is 55.1 Å². The summed E-state index contributed by atoms with van der Waals surface area (Å²) < 4.78 is 0. The molecule has 3 rings (SSSR count). The molecule has 4 heteroatoms. The first-order valence-electron chi connectivity index (χ1n) is 7.42. The van der Waals surface area contributed by atoms with Gasteiger partial charge in [0.1, 0.15) is 0 Å². The quantitative estimate of drug-likeness (QED) is 0.850. The number of hydrogen-bond donors (Lipinski definition) is 2. The van der Waals surface area contributed by atoms with Gasteiger partial charge in [0.25, 0.3) is 0 Å². The third-order valence-electron chi connectivity index (χ3n) is 4.00. The summed E-state index contributed by atoms with van der Waals surface area (Å²) in [4.78, 5) is 13.4. The average Bonchev–Trinajstić information content (AvgIpc) is 2.98. The van der Waals surface area contributed by atoms with E-state index in [9.17, 15) is 4.79 Å². The second-order valence-corrected chi connectivity index (χ2v) is 6.58. The molecule has 1 atom stereocenters. The van der Waals surface area contributed by atoms with Gasteiger partial charge in [0.15, 0.2) is 0 Å². The monoisotopic (exact) mass is 300 g/mol. The molecule has 1 aliphatic rings. The van der Waals surface area contributed by atoms with E-state index in [4.69, 9.17) is 5.73 Å². The van der Waals surface area contributed by atoms with Crippen LogP contribution in [0.1, 0.15) is 41.3 Å². The van der Waals surface area contributed by atoms with Gasteiger partial charge in [-0.2, -0.15) is 0 Å². The van der Waals surface area contributed by atoms with E-state index < -0.39 is 0 Å². The zero-order valence-corrected chi connectivity index (χ0v) is 12.8. The van der Waals surface area contributed by atoms with Gasteiger partial charge in [-0.1, -0.05) is 12.1 Å². The highest BCUT2D eigenvalue weighted by Crippen LogP contribution is 2.31. The van der Waals surface area contributed by atoms with Crippen molar-refractivity contribution >= 4 is 22.9 Å². The van der Waals surface area contributed by atoms with Crippen LogP contribution in [0.15, 0.2) is 35.7 Å². The van der Waals surface area contributed by atoms with Crippen molar-refractivity contribution in [2.45, 2.75) is 38.1 Å². The standard InChI is InChI=1S/C17H20N2OS/c18-13-6-8-15-12(11-13)3-1-5-16(15)19-17(20)9-7-14-4-2-10-21-14/h2,4,6,8,10-11,16H,1,3,5,7,9,18H2,(H,19,20). The molecule has 0 saturated carbocycles. The normalized spacial score (nSPS) is 17.2. The fourth-order valence-corrected chi connectivity index (χ4v) is 3.65. The van der Waals surface area contributed by atoms with Crippen LogP contribution in [0.3, 0.4) is 0 Å². The van der Waals surface area contributed by atoms with Crippen LogP contribution in [-0.2, 0) is 17.6 Å². The first-order valence-corrected chi connectivity index (χ1v) is 8.30. The molecule has 0 fully saturated rings. The summed E-state index contributed by atoms with van der Waals surface area (Å²) in [5.41, 5.74) is 9.17. The molecule has 1 aromatic carbocycles. The molecule has 1 unspecified atom stereocenters. The Balaban J connectivity index is 1.62. The average molecular weight is 300 g/mol. The minimum absolute atomic E-state index is 0.137. The van der Waals surface area contributed by atoms with E-state index in [1.165, 1.54) is 16.0 Å². The van der Waals surface area contributed by atoms with E-state index in [2.05, 4.69) is 22.8 Å². The van der Waals surface area contributed by atoms with Crippen molar-refractivity contribution in [2.75, 3.05) is 5.73 Å². The number of carbonyl (C=O) groups excluding carboxylic acids is 1. The van der Waals surface area contributed by atoms with Crippen LogP contribution in [0.2, 0.25) is 0 Å². The Hall–Kier alpha value is -1.81. The van der Waals surface area contributed by atoms with E-state index in [0.29, 0.717) is 6.42 Å². The van der Waals surface area contributed by atoms with E-state index in [1.807, 2.05) is 18.2 Å². The second kappa shape index (κ2) is 6.31. The van der Waals surface area contributed by atoms with E-state index in [0.717, 1.165) is 31.4 Å². The van der Waals surface area contributed by atoms with E-state index in [-0.39, 0.29) is 11.9 Å². The molecule has 0 saturated heterocycles. The summed E-state index contributed by atoms with van der Waals surface area (Å²) in [5.74, 6) is 0.137. The maximum absolute atomic E-state index is 12.2. The highest BCUT2D eigenvalue weighted by Gasteiger charge is 2.21. The van der Waals surface area contributed by atoms with Crippen molar-refractivity contribution in [1.82, 2.24) is 5.32 Å². The molecule has 3 N–H and O–H groups in total. The van der Waals surface area contributed by atoms with Crippen LogP contribution in [0.4, 0.5) is 5.69 Å². The van der Waals surface area contributed by atoms with Crippen LogP contribution in [-0.4, -0.2) is 5.91 Å². The minimum atomic E-state index is 0.137. The number of benzene rings is 1. The van der Waals surface area contributed by atoms with Gasteiger partial charge >= 0.3 is 0 Å². The molecule has 2 aromatic rings. The number of nitrogens with one attached hydrogen (secondary N) is 1. The zero-order chi connectivity index (χ0) is 14.7. The van der Waals surface area contributed by atoms with Crippen LogP contribution in [0, 0.1) is 0 Å². The highest BCUT2D eigenvalue weighted by molar-refractivity contribution is 7.09. The molecule has 1 aromatic heterocycles. The second-order valence-electron chi connectivity index (χ2n) is 5.55. The Bertz CT molecular complexity index is 622. The van der Waals surface area contributed by atoms with Crippen molar-refractivity contribution in [3.63, 3.8) is 0 Å². The maximum Gasteiger partial charge on any atom is 0.220 e. The molecule has 0 bridgehead atoms. The van der Waals surface area contributed by atoms with Crippen LogP contribution >= 0.6 is 11.3 Å². The van der Waals surface area contributed by atoms with Crippen molar-refractivity contribution in [3.05, 3.63) is 51.7 Å². The molecular formula is C17H20N2OS. The maximum atomic E-state index is 12.2. The van der Waals surface area contributed by atoms with Crippen LogP contribution in [0.5, 0.6) is 0 Å². The van der Waals surface area contributed by atoms with Gasteiger partial charge in [-0.05, 0) is 60.4 Å². The SMILES string of the molecule is Nc1ccc2c(c1)CCCC2NC(=O)CCc1cccs1. The van der Waals surface area contributed by atoms with Crippen LogP contribution in [0.25, 0.3) is 0 Å². The summed E-state index contributed by atoms with van der Waals surface area (Å²) in [6, 6.07) is 10.3. The largest absolute Gasteiger partial charge is 0.399 e. The number of amides is 1. The Kier molecular flexibility index (Phi) is 4.25. The lowest BCUT2D eigenvalue weighted by Gasteiger charge is -2.26. The first-order chi connectivity index (χ1) is 10.2. The molecule has 0 spiro atoms. The minimum Gasteiger partial charge on any atom is -0.399 e. The Labute approximate surface area is 129 Å². The summed E-state index contributed by atoms with van der Waals surface area (Å²) in [6.45, 7) is 0. The molecule has 1 amide bonds. The fourth-order valence-electron chi connectivity index (χ4n) is 2.94. The molecule has 3 nitrogen and oxygen atoms in total. The van der Waals surface area contributed by atoms with Gasteiger partial charge in [0, 0.05) is 17.0 Å². The zero-order valence-electron chi connectivity index (χ0n) is 12.0. The molecule has 1 heterocycles. The molecule has 0 aliphatic heterocycles. The molecule has 1 aliphatic carbocycles. The number of carbonyl (C=O) groups is 1. The molecular weight excluding hydrogens is 280 g/mol. The molecule has 0 radical (unpaired) electrons. The number of hydrogen-bond acceptors (Lipinski definition) is 3. The van der Waals surface area contributed by atoms with Gasteiger partial charge in [-0.25, -0.2) is 0 Å². The van der Waals surface area contributed by atoms with Crippen molar-refractivity contribution in [2.24, 2.45) is 0 Å². The predicted octanol–water partition coefficient (Wildman–Crippen LogP) is 3.46. The summed E-state index contributed by atoms with van der Waals surface area (Å²) in [7, 11) is 0. The van der Waals surface area contributed by atoms with Crippen molar-refractivity contribution < 1.29 is 4.79 Å². The third-order valence-corrected chi connectivity index (χ3v) is 4.93. The lowest BCUT2D eigenvalue weighted by atomic mass is 9.87. The third kappa shape index (κ3) is 3.45. The van der Waals surface area contributed by atoms with Gasteiger partial charge in [0.2, 0.25) is 5.91 Å². The predicted molar refractivity (Wildman–Crippen MR) is 87.3 cm³/mol. The number of anilines is 1. The number of rotatable bonds is 4. The smallest absolute Gasteiger partial charge is 0.220 e. The molecule has 21 heavy (non-hydrogen) atoms. The first kappa shape index (κ1) is 14.1. The number of aryl methyl sites for hydroxylation is 2. The lowest BCUT2D eigenvalue weighted by Crippen LogP contribution is -2.31. The van der Waals surface area contributed by atoms with Gasteiger partial charge < -0.3 is 11.1 Å². The number of fused-ring (bicyclic) bond motifs is 1. The summed E-state index contributed by atoms with van der Waals surface area (Å²) in [5, 5.41) is 5.23. The number of thiophene rings is 1. The number of nitrogen functional groups attached to an aromatic ring is 1. The molecule has 110 valence electrons. The van der Waals surface area contributed by atoms with Crippen molar-refractivity contribution in [3.8, 4) is 0 Å². The summed E-state index contributed by atoms with van der Waals surface area (Å²) in [6.07, 6.45) is 4.56. The van der Waals surface area contributed by atoms with Gasteiger partial charge in [0.05, 0.1) is 6.04 Å².